The number of hydrogen-bond donors (Lipinski definition) is 2. The molecule has 0 fully saturated rings. The molecule has 0 aromatic rings. The van der Waals surface area contributed by atoms with Gasteiger partial charge in [-0.25, -0.2) is 0 Å². The molecule has 0 rings (SSSR count). The summed E-state index contributed by atoms with van der Waals surface area (Å²) in [6.45, 7) is 4.54. The summed E-state index contributed by atoms with van der Waals surface area (Å²) in [6, 6.07) is 0. The monoisotopic (exact) mass is 248 g/mol. The number of carbonyl (C=O) groups excluding carboxylic acids is 1. The Hall–Kier alpha value is -0.720. The number of nitrogens with two attached hydrogens (primary N) is 1. The predicted octanol–water partition coefficient (Wildman–Crippen LogP) is 0.220. The van der Waals surface area contributed by atoms with Crippen molar-refractivity contribution in [3.8, 4) is 0 Å². The molecule has 0 radical (unpaired) electrons. The van der Waals surface area contributed by atoms with Crippen LogP contribution in [0.25, 0.3) is 0 Å². The number of nitrogens with one attached hydrogen (secondary N) is 1. The lowest BCUT2D eigenvalue weighted by Gasteiger charge is -2.28. The number of ether oxygens (including phenoxy) is 2. The average Bonchev–Trinajstić information content (AvgIpc) is 2.24. The minimum Gasteiger partial charge on any atom is -0.391 e. The molecule has 0 saturated heterocycles. The summed E-state index contributed by atoms with van der Waals surface area (Å²) in [6.07, 6.45) is 0.645. The maximum Gasteiger partial charge on any atom is 0.246 e. The maximum absolute atomic E-state index is 11.5. The molecule has 0 heterocycles. The molecule has 1 unspecified atom stereocenters. The maximum atomic E-state index is 11.5. The van der Waals surface area contributed by atoms with Gasteiger partial charge in [-0.1, -0.05) is 19.1 Å². The molecule has 0 aliphatic rings. The fraction of sp³-hybridized carbons (Fsp3) is 0.800. The molecule has 3 N–H and O–H groups in total. The molecule has 0 saturated carbocycles. The molecule has 16 heavy (non-hydrogen) atoms. The normalized spacial score (nSPS) is 14.2. The van der Waals surface area contributed by atoms with E-state index in [0.29, 0.717) is 19.6 Å². The average molecular weight is 248 g/mol. The standard InChI is InChI=1S/C10H20N2O3S/c1-4-10(2,9(11)16)12-8(13)7-15-6-5-14-3/h4-7H2,1-3H3,(H2,11,16)(H,12,13). The van der Waals surface area contributed by atoms with Gasteiger partial charge >= 0.3 is 0 Å². The fourth-order valence-corrected chi connectivity index (χ4v) is 1.17. The molecule has 0 bridgehead atoms. The predicted molar refractivity (Wildman–Crippen MR) is 66.3 cm³/mol. The lowest BCUT2D eigenvalue weighted by Crippen LogP contribution is -2.54. The molecule has 0 aliphatic carbocycles. The molecule has 1 amide bonds. The highest BCUT2D eigenvalue weighted by Gasteiger charge is 2.27. The SMILES string of the molecule is CCC(C)(NC(=O)COCCOC)C(N)=S. The van der Waals surface area contributed by atoms with Gasteiger partial charge in [0, 0.05) is 7.11 Å². The molecular weight excluding hydrogens is 228 g/mol. The lowest BCUT2D eigenvalue weighted by atomic mass is 9.99. The van der Waals surface area contributed by atoms with Crippen LogP contribution in [-0.2, 0) is 14.3 Å². The van der Waals surface area contributed by atoms with Crippen LogP contribution in [0, 0.1) is 0 Å². The van der Waals surface area contributed by atoms with Gasteiger partial charge in [0.1, 0.15) is 6.61 Å². The second-order valence-corrected chi connectivity index (χ2v) is 4.08. The quantitative estimate of drug-likeness (QED) is 0.475. The van der Waals surface area contributed by atoms with E-state index in [-0.39, 0.29) is 17.5 Å². The first-order valence-electron chi connectivity index (χ1n) is 5.14. The van der Waals surface area contributed by atoms with Crippen molar-refractivity contribution in [1.82, 2.24) is 5.32 Å². The van der Waals surface area contributed by atoms with Gasteiger partial charge in [-0.15, -0.1) is 0 Å². The Kier molecular flexibility index (Phi) is 7.20. The summed E-state index contributed by atoms with van der Waals surface area (Å²) in [7, 11) is 1.57. The van der Waals surface area contributed by atoms with Gasteiger partial charge in [-0.3, -0.25) is 4.79 Å². The van der Waals surface area contributed by atoms with Crippen LogP contribution in [0.15, 0.2) is 0 Å². The zero-order valence-corrected chi connectivity index (χ0v) is 10.9. The Bertz CT molecular complexity index is 248. The Morgan fingerprint density at radius 1 is 1.50 bits per heavy atom. The first kappa shape index (κ1) is 15.3. The molecule has 0 spiro atoms. The Balaban J connectivity index is 3.98. The Morgan fingerprint density at radius 2 is 2.12 bits per heavy atom. The summed E-state index contributed by atoms with van der Waals surface area (Å²) in [5.41, 5.74) is 4.92. The van der Waals surface area contributed by atoms with Crippen molar-refractivity contribution in [2.24, 2.45) is 5.73 Å². The van der Waals surface area contributed by atoms with E-state index in [1.54, 1.807) is 14.0 Å². The van der Waals surface area contributed by atoms with E-state index >= 15 is 0 Å². The number of amides is 1. The van der Waals surface area contributed by atoms with Crippen molar-refractivity contribution < 1.29 is 14.3 Å². The summed E-state index contributed by atoms with van der Waals surface area (Å²) in [5.74, 6) is -0.228. The van der Waals surface area contributed by atoms with Crippen molar-refractivity contribution in [3.05, 3.63) is 0 Å². The first-order chi connectivity index (χ1) is 7.46. The summed E-state index contributed by atoms with van der Waals surface area (Å²) < 4.78 is 9.87. The number of hydrogen-bond acceptors (Lipinski definition) is 4. The zero-order chi connectivity index (χ0) is 12.6. The van der Waals surface area contributed by atoms with Crippen LogP contribution >= 0.6 is 12.2 Å². The van der Waals surface area contributed by atoms with Crippen LogP contribution in [0.3, 0.4) is 0 Å². The summed E-state index contributed by atoms with van der Waals surface area (Å²) in [5, 5.41) is 2.75. The fourth-order valence-electron chi connectivity index (χ4n) is 0.975. The third-order valence-corrected chi connectivity index (χ3v) is 2.78. The van der Waals surface area contributed by atoms with Crippen LogP contribution in [0.5, 0.6) is 0 Å². The highest BCUT2D eigenvalue weighted by molar-refractivity contribution is 7.80. The van der Waals surface area contributed by atoms with Crippen molar-refractivity contribution in [1.29, 1.82) is 0 Å². The second kappa shape index (κ2) is 7.54. The minimum absolute atomic E-state index is 0.0123. The van der Waals surface area contributed by atoms with Crippen molar-refractivity contribution in [2.75, 3.05) is 26.9 Å². The molecular formula is C10H20N2O3S. The van der Waals surface area contributed by atoms with Crippen molar-refractivity contribution in [2.45, 2.75) is 25.8 Å². The molecule has 0 aromatic heterocycles. The van der Waals surface area contributed by atoms with E-state index in [4.69, 9.17) is 27.4 Å². The third-order valence-electron chi connectivity index (χ3n) is 2.33. The largest absolute Gasteiger partial charge is 0.391 e. The van der Waals surface area contributed by atoms with Gasteiger partial charge in [0.15, 0.2) is 0 Å². The van der Waals surface area contributed by atoms with E-state index < -0.39 is 5.54 Å². The van der Waals surface area contributed by atoms with Gasteiger partial charge in [0.2, 0.25) is 5.91 Å². The van der Waals surface area contributed by atoms with E-state index in [9.17, 15) is 4.79 Å². The molecule has 5 nitrogen and oxygen atoms in total. The number of methoxy groups -OCH3 is 1. The Labute approximate surface area is 102 Å². The van der Waals surface area contributed by atoms with Crippen molar-refractivity contribution >= 4 is 23.1 Å². The van der Waals surface area contributed by atoms with E-state index in [2.05, 4.69) is 5.32 Å². The van der Waals surface area contributed by atoms with Crippen LogP contribution in [0.1, 0.15) is 20.3 Å². The Morgan fingerprint density at radius 3 is 2.56 bits per heavy atom. The smallest absolute Gasteiger partial charge is 0.246 e. The zero-order valence-electron chi connectivity index (χ0n) is 10.0. The van der Waals surface area contributed by atoms with Gasteiger partial charge in [-0.05, 0) is 13.3 Å². The molecule has 94 valence electrons. The van der Waals surface area contributed by atoms with Gasteiger partial charge in [0.05, 0.1) is 23.7 Å². The van der Waals surface area contributed by atoms with Crippen molar-refractivity contribution in [3.63, 3.8) is 0 Å². The minimum atomic E-state index is -0.642. The third kappa shape index (κ3) is 5.39. The van der Waals surface area contributed by atoms with Crippen LogP contribution in [0.4, 0.5) is 0 Å². The van der Waals surface area contributed by atoms with Gasteiger partial charge in [0.25, 0.3) is 0 Å². The van der Waals surface area contributed by atoms with Crippen LogP contribution in [0.2, 0.25) is 0 Å². The van der Waals surface area contributed by atoms with E-state index in [1.807, 2.05) is 6.92 Å². The van der Waals surface area contributed by atoms with E-state index in [0.717, 1.165) is 0 Å². The number of carbonyl (C=O) groups is 1. The number of rotatable bonds is 8. The summed E-state index contributed by atoms with van der Waals surface area (Å²) in [4.78, 5) is 11.8. The first-order valence-corrected chi connectivity index (χ1v) is 5.54. The molecule has 0 aliphatic heterocycles. The molecule has 6 heteroatoms. The summed E-state index contributed by atoms with van der Waals surface area (Å²) >= 11 is 4.90. The highest BCUT2D eigenvalue weighted by Crippen LogP contribution is 2.09. The van der Waals surface area contributed by atoms with Crippen LogP contribution < -0.4 is 11.1 Å². The highest BCUT2D eigenvalue weighted by atomic mass is 32.1. The molecule has 1 atom stereocenters. The van der Waals surface area contributed by atoms with Gasteiger partial charge in [-0.2, -0.15) is 0 Å². The topological polar surface area (TPSA) is 73.6 Å². The number of thiocarbonyl (C=S) groups is 1. The van der Waals surface area contributed by atoms with E-state index in [1.165, 1.54) is 0 Å². The van der Waals surface area contributed by atoms with Crippen LogP contribution in [-0.4, -0.2) is 43.4 Å². The molecule has 0 aromatic carbocycles. The van der Waals surface area contributed by atoms with Gasteiger partial charge < -0.3 is 20.5 Å². The lowest BCUT2D eigenvalue weighted by molar-refractivity contribution is -0.127. The second-order valence-electron chi connectivity index (χ2n) is 3.64.